The van der Waals surface area contributed by atoms with E-state index < -0.39 is 0 Å². The van der Waals surface area contributed by atoms with Crippen molar-refractivity contribution in [3.63, 3.8) is 0 Å². The van der Waals surface area contributed by atoms with E-state index in [0.717, 1.165) is 0 Å². The summed E-state index contributed by atoms with van der Waals surface area (Å²) in [5, 5.41) is 0. The molecule has 0 spiro atoms. The minimum absolute atomic E-state index is 0.250. The van der Waals surface area contributed by atoms with Gasteiger partial charge in [0.25, 0.3) is 0 Å². The van der Waals surface area contributed by atoms with Crippen molar-refractivity contribution >= 4 is 0 Å². The lowest BCUT2D eigenvalue weighted by Gasteiger charge is -2.16. The molecule has 0 amide bonds. The van der Waals surface area contributed by atoms with Crippen molar-refractivity contribution in [2.75, 3.05) is 14.2 Å². The van der Waals surface area contributed by atoms with Gasteiger partial charge in [0.15, 0.2) is 6.29 Å². The molecule has 1 atom stereocenters. The molecule has 3 heteroatoms. The van der Waals surface area contributed by atoms with Crippen LogP contribution in [0.4, 0.5) is 0 Å². The molecule has 0 rings (SSSR count). The highest BCUT2D eigenvalue weighted by Crippen LogP contribution is 1.95. The third-order valence-corrected chi connectivity index (χ3v) is 1.05. The van der Waals surface area contributed by atoms with E-state index in [1.807, 2.05) is 0 Å². The van der Waals surface area contributed by atoms with Crippen LogP contribution in [-0.2, 0) is 9.47 Å². The highest BCUT2D eigenvalue weighted by Gasteiger charge is 2.10. The van der Waals surface area contributed by atoms with Gasteiger partial charge in [-0.2, -0.15) is 0 Å². The fraction of sp³-hybridized carbons (Fsp3) is 0.667. The van der Waals surface area contributed by atoms with Crippen molar-refractivity contribution < 1.29 is 9.47 Å². The van der Waals surface area contributed by atoms with Gasteiger partial charge in [0.05, 0.1) is 6.04 Å². The molecule has 54 valence electrons. The zero-order chi connectivity index (χ0) is 7.28. The van der Waals surface area contributed by atoms with Crippen LogP contribution >= 0.6 is 0 Å². The van der Waals surface area contributed by atoms with E-state index in [-0.39, 0.29) is 12.3 Å². The van der Waals surface area contributed by atoms with Crippen LogP contribution in [0, 0.1) is 0 Å². The molecule has 0 bridgehead atoms. The van der Waals surface area contributed by atoms with Crippen LogP contribution in [0.15, 0.2) is 12.7 Å². The third kappa shape index (κ3) is 2.60. The molecule has 0 saturated carbocycles. The van der Waals surface area contributed by atoms with Crippen LogP contribution < -0.4 is 5.73 Å². The summed E-state index contributed by atoms with van der Waals surface area (Å²) in [6.45, 7) is 3.49. The van der Waals surface area contributed by atoms with Crippen molar-refractivity contribution in [3.8, 4) is 0 Å². The molecular weight excluding hydrogens is 118 g/mol. The number of rotatable bonds is 4. The first-order chi connectivity index (χ1) is 4.26. The predicted octanol–water partition coefficient (Wildman–Crippen LogP) is 0.119. The first-order valence-corrected chi connectivity index (χ1v) is 2.70. The summed E-state index contributed by atoms with van der Waals surface area (Å²) in [6.07, 6.45) is 1.21. The Morgan fingerprint density at radius 2 is 1.89 bits per heavy atom. The van der Waals surface area contributed by atoms with E-state index in [4.69, 9.17) is 15.2 Å². The Labute approximate surface area is 55.4 Å². The first kappa shape index (κ1) is 8.62. The van der Waals surface area contributed by atoms with Crippen LogP contribution in [0.3, 0.4) is 0 Å². The van der Waals surface area contributed by atoms with Gasteiger partial charge in [-0.05, 0) is 0 Å². The maximum Gasteiger partial charge on any atom is 0.175 e. The molecule has 0 aliphatic carbocycles. The fourth-order valence-electron chi connectivity index (χ4n) is 0.522. The smallest absolute Gasteiger partial charge is 0.175 e. The van der Waals surface area contributed by atoms with Gasteiger partial charge in [-0.25, -0.2) is 0 Å². The predicted molar refractivity (Wildman–Crippen MR) is 36.0 cm³/mol. The fourth-order valence-corrected chi connectivity index (χ4v) is 0.522. The molecule has 9 heavy (non-hydrogen) atoms. The number of hydrogen-bond donors (Lipinski definition) is 1. The maximum absolute atomic E-state index is 5.47. The quantitative estimate of drug-likeness (QED) is 0.435. The first-order valence-electron chi connectivity index (χ1n) is 2.70. The van der Waals surface area contributed by atoms with Crippen molar-refractivity contribution in [1.29, 1.82) is 0 Å². The molecule has 0 radical (unpaired) electrons. The molecule has 0 unspecified atom stereocenters. The molecule has 0 saturated heterocycles. The highest BCUT2D eigenvalue weighted by molar-refractivity contribution is 4.84. The van der Waals surface area contributed by atoms with Crippen LogP contribution in [0.2, 0.25) is 0 Å². The Hall–Kier alpha value is -0.380. The van der Waals surface area contributed by atoms with E-state index in [1.54, 1.807) is 6.08 Å². The Morgan fingerprint density at radius 3 is 2.00 bits per heavy atom. The van der Waals surface area contributed by atoms with E-state index >= 15 is 0 Å². The zero-order valence-corrected chi connectivity index (χ0v) is 5.83. The molecule has 0 heterocycles. The number of methoxy groups -OCH3 is 2. The van der Waals surface area contributed by atoms with E-state index in [0.29, 0.717) is 0 Å². The van der Waals surface area contributed by atoms with E-state index in [2.05, 4.69) is 6.58 Å². The van der Waals surface area contributed by atoms with E-state index in [1.165, 1.54) is 14.2 Å². The summed E-state index contributed by atoms with van der Waals surface area (Å²) < 4.78 is 9.67. The molecule has 0 aromatic heterocycles. The summed E-state index contributed by atoms with van der Waals surface area (Å²) in [5.74, 6) is 0. The summed E-state index contributed by atoms with van der Waals surface area (Å²) >= 11 is 0. The van der Waals surface area contributed by atoms with Crippen LogP contribution in [0.25, 0.3) is 0 Å². The van der Waals surface area contributed by atoms with Gasteiger partial charge in [0, 0.05) is 14.2 Å². The van der Waals surface area contributed by atoms with Crippen LogP contribution in [-0.4, -0.2) is 26.6 Å². The largest absolute Gasteiger partial charge is 0.354 e. The molecule has 0 aromatic carbocycles. The Kier molecular flexibility index (Phi) is 4.30. The van der Waals surface area contributed by atoms with Crippen LogP contribution in [0.1, 0.15) is 0 Å². The van der Waals surface area contributed by atoms with Gasteiger partial charge in [-0.1, -0.05) is 6.08 Å². The monoisotopic (exact) mass is 131 g/mol. The molecule has 3 nitrogen and oxygen atoms in total. The van der Waals surface area contributed by atoms with Crippen molar-refractivity contribution in [1.82, 2.24) is 0 Å². The van der Waals surface area contributed by atoms with Crippen molar-refractivity contribution in [3.05, 3.63) is 12.7 Å². The molecule has 0 aliphatic heterocycles. The highest BCUT2D eigenvalue weighted by atomic mass is 16.7. The average Bonchev–Trinajstić information content (AvgIpc) is 1.90. The summed E-state index contributed by atoms with van der Waals surface area (Å²) in [5.41, 5.74) is 5.47. The van der Waals surface area contributed by atoms with Gasteiger partial charge in [-0.15, -0.1) is 6.58 Å². The zero-order valence-electron chi connectivity index (χ0n) is 5.83. The summed E-state index contributed by atoms with van der Waals surface area (Å²) in [6, 6.07) is -0.250. The SMILES string of the molecule is C=C[C@@H](N)C(OC)OC. The number of hydrogen-bond acceptors (Lipinski definition) is 3. The van der Waals surface area contributed by atoms with Crippen molar-refractivity contribution in [2.24, 2.45) is 5.73 Å². The van der Waals surface area contributed by atoms with Gasteiger partial charge in [0.1, 0.15) is 0 Å². The summed E-state index contributed by atoms with van der Waals surface area (Å²) in [7, 11) is 3.08. The van der Waals surface area contributed by atoms with Gasteiger partial charge in [0.2, 0.25) is 0 Å². The normalized spacial score (nSPS) is 13.8. The van der Waals surface area contributed by atoms with E-state index in [9.17, 15) is 0 Å². The van der Waals surface area contributed by atoms with Crippen molar-refractivity contribution in [2.45, 2.75) is 12.3 Å². The molecular formula is C6H13NO2. The van der Waals surface area contributed by atoms with Gasteiger partial charge < -0.3 is 15.2 Å². The maximum atomic E-state index is 5.47. The Morgan fingerprint density at radius 1 is 1.44 bits per heavy atom. The standard InChI is InChI=1S/C6H13NO2/c1-4-5(7)6(8-2)9-3/h4-6H,1,7H2,2-3H3/t5-/m1/s1. The minimum Gasteiger partial charge on any atom is -0.354 e. The number of nitrogens with two attached hydrogens (primary N) is 1. The lowest BCUT2D eigenvalue weighted by molar-refractivity contribution is -0.107. The second kappa shape index (κ2) is 4.49. The third-order valence-electron chi connectivity index (χ3n) is 1.05. The second-order valence-electron chi connectivity index (χ2n) is 1.65. The topological polar surface area (TPSA) is 44.5 Å². The average molecular weight is 131 g/mol. The number of ether oxygens (including phenoxy) is 2. The molecule has 2 N–H and O–H groups in total. The Balaban J connectivity index is 3.63. The van der Waals surface area contributed by atoms with Gasteiger partial charge in [-0.3, -0.25) is 0 Å². The lowest BCUT2D eigenvalue weighted by atomic mass is 10.3. The molecule has 0 aromatic rings. The Bertz CT molecular complexity index is 81.1. The molecule has 0 aliphatic rings. The second-order valence-corrected chi connectivity index (χ2v) is 1.65. The lowest BCUT2D eigenvalue weighted by Crippen LogP contribution is -2.35. The van der Waals surface area contributed by atoms with Gasteiger partial charge >= 0.3 is 0 Å². The molecule has 0 fully saturated rings. The minimum atomic E-state index is -0.373. The van der Waals surface area contributed by atoms with Crippen LogP contribution in [0.5, 0.6) is 0 Å². The summed E-state index contributed by atoms with van der Waals surface area (Å²) in [4.78, 5) is 0.